The molecule has 0 saturated carbocycles. The lowest BCUT2D eigenvalue weighted by molar-refractivity contribution is -0.116. The summed E-state index contributed by atoms with van der Waals surface area (Å²) in [6, 6.07) is 6.80. The van der Waals surface area contributed by atoms with Crippen LogP contribution in [0, 0.1) is 5.92 Å². The van der Waals surface area contributed by atoms with Crippen LogP contribution in [0.1, 0.15) is 41.0 Å². The van der Waals surface area contributed by atoms with Crippen molar-refractivity contribution in [3.05, 3.63) is 24.3 Å². The van der Waals surface area contributed by atoms with Crippen LogP contribution >= 0.6 is 0 Å². The molecule has 0 fully saturated rings. The van der Waals surface area contributed by atoms with E-state index in [9.17, 15) is 9.59 Å². The van der Waals surface area contributed by atoms with Crippen LogP contribution < -0.4 is 16.0 Å². The Morgan fingerprint density at radius 1 is 1.00 bits per heavy atom. The van der Waals surface area contributed by atoms with Gasteiger partial charge in [-0.25, -0.2) is 4.79 Å². The first-order valence-electron chi connectivity index (χ1n) is 7.15. The van der Waals surface area contributed by atoms with E-state index < -0.39 is 0 Å². The van der Waals surface area contributed by atoms with Crippen molar-refractivity contribution in [1.29, 1.82) is 0 Å². The minimum atomic E-state index is -0.283. The molecule has 0 unspecified atom stereocenters. The molecule has 5 heteroatoms. The monoisotopic (exact) mass is 291 g/mol. The topological polar surface area (TPSA) is 70.2 Å². The lowest BCUT2D eigenvalue weighted by Gasteiger charge is -2.20. The van der Waals surface area contributed by atoms with Crippen molar-refractivity contribution in [3.63, 3.8) is 0 Å². The Bertz CT molecular complexity index is 487. The van der Waals surface area contributed by atoms with Gasteiger partial charge >= 0.3 is 6.03 Å². The Morgan fingerprint density at radius 2 is 1.48 bits per heavy atom. The molecular weight excluding hydrogens is 266 g/mol. The summed E-state index contributed by atoms with van der Waals surface area (Å²) in [5.41, 5.74) is 1.12. The molecular formula is C16H25N3O2. The van der Waals surface area contributed by atoms with Gasteiger partial charge in [0.05, 0.1) is 0 Å². The van der Waals surface area contributed by atoms with Crippen molar-refractivity contribution in [2.24, 2.45) is 5.92 Å². The van der Waals surface area contributed by atoms with E-state index in [1.54, 1.807) is 24.3 Å². The first-order valence-corrected chi connectivity index (χ1v) is 7.15. The summed E-state index contributed by atoms with van der Waals surface area (Å²) in [5, 5.41) is 8.39. The van der Waals surface area contributed by atoms with Crippen molar-refractivity contribution < 1.29 is 9.59 Å². The first-order chi connectivity index (χ1) is 9.65. The fraction of sp³-hybridized carbons (Fsp3) is 0.500. The van der Waals surface area contributed by atoms with Crippen LogP contribution in [-0.2, 0) is 4.79 Å². The van der Waals surface area contributed by atoms with Gasteiger partial charge < -0.3 is 16.0 Å². The summed E-state index contributed by atoms with van der Waals surface area (Å²) in [7, 11) is 0. The van der Waals surface area contributed by atoms with E-state index in [1.165, 1.54) is 0 Å². The van der Waals surface area contributed by atoms with Crippen LogP contribution in [-0.4, -0.2) is 17.5 Å². The summed E-state index contributed by atoms with van der Waals surface area (Å²) in [6.07, 6.45) is 0.494. The average Bonchev–Trinajstić information content (AvgIpc) is 2.27. The fourth-order valence-electron chi connectivity index (χ4n) is 1.72. The lowest BCUT2D eigenvalue weighted by Crippen LogP contribution is -2.43. The smallest absolute Gasteiger partial charge is 0.319 e. The van der Waals surface area contributed by atoms with Gasteiger partial charge in [-0.15, -0.1) is 0 Å². The number of benzene rings is 1. The second-order valence-electron chi connectivity index (χ2n) is 6.55. The van der Waals surface area contributed by atoms with Crippen molar-refractivity contribution >= 4 is 23.3 Å². The lowest BCUT2D eigenvalue weighted by atomic mass is 10.1. The number of carbonyl (C=O) groups is 2. The second kappa shape index (κ2) is 7.11. The summed E-state index contributed by atoms with van der Waals surface area (Å²) in [5.74, 6) is 0.322. The average molecular weight is 291 g/mol. The third-order valence-corrected chi connectivity index (χ3v) is 2.51. The molecule has 0 aromatic heterocycles. The summed E-state index contributed by atoms with van der Waals surface area (Å²) < 4.78 is 0. The maximum Gasteiger partial charge on any atom is 0.319 e. The highest BCUT2D eigenvalue weighted by Gasteiger charge is 2.13. The zero-order valence-corrected chi connectivity index (χ0v) is 13.4. The van der Waals surface area contributed by atoms with Crippen LogP contribution in [0.5, 0.6) is 0 Å². The second-order valence-corrected chi connectivity index (χ2v) is 6.55. The van der Waals surface area contributed by atoms with Crippen LogP contribution in [0.25, 0.3) is 0 Å². The minimum Gasteiger partial charge on any atom is -0.333 e. The van der Waals surface area contributed by atoms with Gasteiger partial charge in [-0.2, -0.15) is 0 Å². The van der Waals surface area contributed by atoms with Gasteiger partial charge in [0.25, 0.3) is 0 Å². The van der Waals surface area contributed by atoms with Crippen molar-refractivity contribution in [2.45, 2.75) is 46.6 Å². The van der Waals surface area contributed by atoms with E-state index >= 15 is 0 Å². The van der Waals surface area contributed by atoms with Gasteiger partial charge in [-0.05, 0) is 51.0 Å². The number of urea groups is 1. The predicted molar refractivity (Wildman–Crippen MR) is 86.4 cm³/mol. The number of rotatable bonds is 4. The van der Waals surface area contributed by atoms with Gasteiger partial charge in [0.2, 0.25) is 5.91 Å². The molecule has 3 amide bonds. The molecule has 0 saturated heterocycles. The Balaban J connectivity index is 2.54. The normalized spacial score (nSPS) is 11.1. The Kier molecular flexibility index (Phi) is 5.76. The van der Waals surface area contributed by atoms with E-state index in [2.05, 4.69) is 16.0 Å². The predicted octanol–water partition coefficient (Wildman–Crippen LogP) is 3.59. The molecule has 116 valence electrons. The van der Waals surface area contributed by atoms with Crippen LogP contribution in [0.2, 0.25) is 0 Å². The van der Waals surface area contributed by atoms with Crippen LogP contribution in [0.4, 0.5) is 16.2 Å². The molecule has 1 aromatic carbocycles. The molecule has 0 aliphatic rings. The van der Waals surface area contributed by atoms with Gasteiger partial charge in [0.1, 0.15) is 0 Å². The molecule has 21 heavy (non-hydrogen) atoms. The van der Waals surface area contributed by atoms with Crippen LogP contribution in [0.15, 0.2) is 24.3 Å². The highest BCUT2D eigenvalue weighted by atomic mass is 16.2. The summed E-state index contributed by atoms with van der Waals surface area (Å²) >= 11 is 0. The number of anilines is 2. The Hall–Kier alpha value is -2.04. The molecule has 0 heterocycles. The van der Waals surface area contributed by atoms with Crippen molar-refractivity contribution in [3.8, 4) is 0 Å². The van der Waals surface area contributed by atoms with Gasteiger partial charge in [-0.1, -0.05) is 13.8 Å². The number of hydrogen-bond acceptors (Lipinski definition) is 2. The third-order valence-electron chi connectivity index (χ3n) is 2.51. The zero-order valence-electron chi connectivity index (χ0n) is 13.4. The molecule has 0 aliphatic carbocycles. The number of amides is 3. The molecule has 1 rings (SSSR count). The summed E-state index contributed by atoms with van der Waals surface area (Å²) in [6.45, 7) is 9.75. The maximum absolute atomic E-state index is 11.7. The van der Waals surface area contributed by atoms with Crippen LogP contribution in [0.3, 0.4) is 0 Å². The SMILES string of the molecule is CC(C)CC(=O)Nc1ccc(NC(=O)NC(C)(C)C)cc1. The maximum atomic E-state index is 11.7. The van der Waals surface area contributed by atoms with E-state index in [1.807, 2.05) is 34.6 Å². The first kappa shape index (κ1) is 17.0. The zero-order chi connectivity index (χ0) is 16.0. The number of hydrogen-bond donors (Lipinski definition) is 3. The van der Waals surface area contributed by atoms with Gasteiger partial charge in [0.15, 0.2) is 0 Å². The molecule has 1 aromatic rings. The molecule has 0 bridgehead atoms. The quantitative estimate of drug-likeness (QED) is 0.793. The van der Waals surface area contributed by atoms with E-state index in [4.69, 9.17) is 0 Å². The van der Waals surface area contributed by atoms with E-state index in [-0.39, 0.29) is 17.5 Å². The highest BCUT2D eigenvalue weighted by molar-refractivity contribution is 5.92. The Morgan fingerprint density at radius 3 is 1.90 bits per heavy atom. The van der Waals surface area contributed by atoms with E-state index in [0.29, 0.717) is 18.0 Å². The number of nitrogens with one attached hydrogen (secondary N) is 3. The number of carbonyl (C=O) groups excluding carboxylic acids is 2. The molecule has 5 nitrogen and oxygen atoms in total. The third kappa shape index (κ3) is 7.34. The Labute approximate surface area is 126 Å². The molecule has 3 N–H and O–H groups in total. The van der Waals surface area contributed by atoms with Crippen molar-refractivity contribution in [1.82, 2.24) is 5.32 Å². The molecule has 0 atom stereocenters. The van der Waals surface area contributed by atoms with Gasteiger partial charge in [0, 0.05) is 23.3 Å². The largest absolute Gasteiger partial charge is 0.333 e. The fourth-order valence-corrected chi connectivity index (χ4v) is 1.72. The highest BCUT2D eigenvalue weighted by Crippen LogP contribution is 2.14. The summed E-state index contributed by atoms with van der Waals surface area (Å²) in [4.78, 5) is 23.4. The molecule has 0 spiro atoms. The van der Waals surface area contributed by atoms with E-state index in [0.717, 1.165) is 5.69 Å². The molecule has 0 radical (unpaired) electrons. The van der Waals surface area contributed by atoms with Gasteiger partial charge in [-0.3, -0.25) is 4.79 Å². The van der Waals surface area contributed by atoms with Crippen molar-refractivity contribution in [2.75, 3.05) is 10.6 Å². The standard InChI is InChI=1S/C16H25N3O2/c1-11(2)10-14(20)17-12-6-8-13(9-7-12)18-15(21)19-16(3,4)5/h6-9,11H,10H2,1-5H3,(H,17,20)(H2,18,19,21). The molecule has 0 aliphatic heterocycles. The minimum absolute atomic E-state index is 0.00353.